The number of hydrogen-bond acceptors (Lipinski definition) is 4. The number of carbonyl (C=O) groups excluding carboxylic acids is 2. The number of rotatable bonds is 4. The van der Waals surface area contributed by atoms with Gasteiger partial charge in [0.2, 0.25) is 5.91 Å². The second kappa shape index (κ2) is 7.71. The van der Waals surface area contributed by atoms with E-state index in [9.17, 15) is 9.59 Å². The van der Waals surface area contributed by atoms with Gasteiger partial charge in [-0.15, -0.1) is 11.3 Å². The first-order valence-electron chi connectivity index (χ1n) is 9.54. The van der Waals surface area contributed by atoms with E-state index in [4.69, 9.17) is 4.74 Å². The molecule has 146 valence electrons. The quantitative estimate of drug-likeness (QED) is 0.708. The summed E-state index contributed by atoms with van der Waals surface area (Å²) in [6.07, 6.45) is 3.32. The van der Waals surface area contributed by atoms with E-state index >= 15 is 0 Å². The minimum absolute atomic E-state index is 0.0472. The van der Waals surface area contributed by atoms with E-state index in [1.54, 1.807) is 11.3 Å². The van der Waals surface area contributed by atoms with Gasteiger partial charge in [0.1, 0.15) is 5.00 Å². The molecule has 1 amide bonds. The molecule has 1 heterocycles. The van der Waals surface area contributed by atoms with Crippen molar-refractivity contribution in [3.8, 4) is 0 Å². The summed E-state index contributed by atoms with van der Waals surface area (Å²) in [5.74, 6) is 0.223. The number of nitrogens with one attached hydrogen (secondary N) is 1. The molecule has 1 aromatic rings. The zero-order chi connectivity index (χ0) is 19.7. The van der Waals surface area contributed by atoms with Crippen molar-refractivity contribution in [3.63, 3.8) is 0 Å². The Balaban J connectivity index is 2.34. The number of esters is 1. The molecule has 2 rings (SSSR count). The largest absolute Gasteiger partial charge is 0.462 e. The van der Waals surface area contributed by atoms with E-state index in [1.165, 1.54) is 4.88 Å². The molecule has 1 N–H and O–H groups in total. The number of anilines is 1. The lowest BCUT2D eigenvalue weighted by Gasteiger charge is -2.33. The Labute approximate surface area is 161 Å². The number of ether oxygens (including phenoxy) is 1. The Kier molecular flexibility index (Phi) is 6.21. The highest BCUT2D eigenvalue weighted by atomic mass is 32.1. The third-order valence-electron chi connectivity index (χ3n) is 4.91. The Morgan fingerprint density at radius 2 is 1.85 bits per heavy atom. The van der Waals surface area contributed by atoms with Gasteiger partial charge in [-0.2, -0.15) is 0 Å². The van der Waals surface area contributed by atoms with Gasteiger partial charge in [-0.05, 0) is 48.5 Å². The topological polar surface area (TPSA) is 55.4 Å². The summed E-state index contributed by atoms with van der Waals surface area (Å²) in [5.41, 5.74) is 1.81. The molecule has 0 radical (unpaired) electrons. The van der Waals surface area contributed by atoms with Gasteiger partial charge in [-0.25, -0.2) is 4.79 Å². The van der Waals surface area contributed by atoms with Crippen LogP contribution < -0.4 is 5.32 Å². The van der Waals surface area contributed by atoms with E-state index < -0.39 is 0 Å². The number of amides is 1. The minimum atomic E-state index is -0.315. The van der Waals surface area contributed by atoms with Gasteiger partial charge in [0, 0.05) is 11.3 Å². The number of carbonyl (C=O) groups is 2. The zero-order valence-electron chi connectivity index (χ0n) is 17.2. The fraction of sp³-hybridized carbons (Fsp3) is 0.714. The minimum Gasteiger partial charge on any atom is -0.462 e. The summed E-state index contributed by atoms with van der Waals surface area (Å²) in [6.45, 7) is 15.1. The summed E-state index contributed by atoms with van der Waals surface area (Å²) in [7, 11) is 0. The first-order valence-corrected chi connectivity index (χ1v) is 10.4. The van der Waals surface area contributed by atoms with Crippen LogP contribution in [0, 0.1) is 16.7 Å². The summed E-state index contributed by atoms with van der Waals surface area (Å²) < 4.78 is 5.29. The van der Waals surface area contributed by atoms with E-state index in [1.807, 2.05) is 27.7 Å². The Hall–Kier alpha value is -1.36. The maximum absolute atomic E-state index is 12.6. The molecule has 4 nitrogen and oxygen atoms in total. The van der Waals surface area contributed by atoms with Crippen molar-refractivity contribution in [1.29, 1.82) is 0 Å². The third-order valence-corrected chi connectivity index (χ3v) is 6.08. The van der Waals surface area contributed by atoms with Crippen molar-refractivity contribution >= 4 is 28.2 Å². The van der Waals surface area contributed by atoms with Crippen LogP contribution in [0.15, 0.2) is 0 Å². The van der Waals surface area contributed by atoms with Gasteiger partial charge in [0.25, 0.3) is 0 Å². The lowest BCUT2D eigenvalue weighted by Crippen LogP contribution is -2.26. The predicted octanol–water partition coefficient (Wildman–Crippen LogP) is 5.45. The predicted molar refractivity (Wildman–Crippen MR) is 108 cm³/mol. The standard InChI is InChI=1S/C21H33NO3S/c1-8-25-19(24)17-14-10-9-13(21(5,6)7)11-15(14)26-18(17)22-16(23)12-20(2,3)4/h13H,8-12H2,1-7H3,(H,22,23)/t13-/m0/s1. The van der Waals surface area contributed by atoms with Crippen LogP contribution in [0.1, 0.15) is 82.1 Å². The molecule has 5 heteroatoms. The molecule has 0 spiro atoms. The highest BCUT2D eigenvalue weighted by Crippen LogP contribution is 2.44. The van der Waals surface area contributed by atoms with Crippen LogP contribution in [-0.2, 0) is 22.4 Å². The van der Waals surface area contributed by atoms with Crippen molar-refractivity contribution in [2.75, 3.05) is 11.9 Å². The van der Waals surface area contributed by atoms with Gasteiger partial charge in [0.05, 0.1) is 12.2 Å². The van der Waals surface area contributed by atoms with Crippen molar-refractivity contribution in [2.45, 2.75) is 74.1 Å². The second-order valence-corrected chi connectivity index (χ2v) is 10.6. The van der Waals surface area contributed by atoms with E-state index in [0.717, 1.165) is 24.8 Å². The van der Waals surface area contributed by atoms with Gasteiger partial charge in [-0.3, -0.25) is 4.79 Å². The fourth-order valence-electron chi connectivity index (χ4n) is 3.48. The molecular weight excluding hydrogens is 346 g/mol. The molecule has 26 heavy (non-hydrogen) atoms. The van der Waals surface area contributed by atoms with E-state index in [0.29, 0.717) is 29.5 Å². The Morgan fingerprint density at radius 3 is 2.38 bits per heavy atom. The number of hydrogen-bond donors (Lipinski definition) is 1. The van der Waals surface area contributed by atoms with Crippen LogP contribution in [0.2, 0.25) is 0 Å². The molecule has 0 aliphatic heterocycles. The monoisotopic (exact) mass is 379 g/mol. The number of fused-ring (bicyclic) bond motifs is 1. The Morgan fingerprint density at radius 1 is 1.19 bits per heavy atom. The smallest absolute Gasteiger partial charge is 0.341 e. The summed E-state index contributed by atoms with van der Waals surface area (Å²) >= 11 is 1.56. The van der Waals surface area contributed by atoms with Crippen LogP contribution in [-0.4, -0.2) is 18.5 Å². The lowest BCUT2D eigenvalue weighted by atomic mass is 9.72. The molecular formula is C21H33NO3S. The van der Waals surface area contributed by atoms with Crippen LogP contribution in [0.3, 0.4) is 0 Å². The highest BCUT2D eigenvalue weighted by Gasteiger charge is 2.34. The van der Waals surface area contributed by atoms with Crippen LogP contribution in [0.5, 0.6) is 0 Å². The molecule has 1 aromatic heterocycles. The molecule has 0 saturated heterocycles. The molecule has 0 fully saturated rings. The highest BCUT2D eigenvalue weighted by molar-refractivity contribution is 7.17. The molecule has 0 bridgehead atoms. The van der Waals surface area contributed by atoms with Gasteiger partial charge < -0.3 is 10.1 Å². The van der Waals surface area contributed by atoms with Crippen LogP contribution >= 0.6 is 11.3 Å². The third kappa shape index (κ3) is 5.09. The van der Waals surface area contributed by atoms with Crippen molar-refractivity contribution < 1.29 is 14.3 Å². The van der Waals surface area contributed by atoms with E-state index in [-0.39, 0.29) is 22.7 Å². The molecule has 1 atom stereocenters. The average molecular weight is 380 g/mol. The van der Waals surface area contributed by atoms with E-state index in [2.05, 4.69) is 26.1 Å². The van der Waals surface area contributed by atoms with Gasteiger partial charge in [0.15, 0.2) is 0 Å². The summed E-state index contributed by atoms with van der Waals surface area (Å²) in [5, 5.41) is 3.66. The Bertz CT molecular complexity index is 677. The van der Waals surface area contributed by atoms with Gasteiger partial charge >= 0.3 is 5.97 Å². The van der Waals surface area contributed by atoms with Crippen LogP contribution in [0.25, 0.3) is 0 Å². The average Bonchev–Trinajstić information content (AvgIpc) is 2.81. The second-order valence-electron chi connectivity index (χ2n) is 9.52. The van der Waals surface area contributed by atoms with Gasteiger partial charge in [-0.1, -0.05) is 41.5 Å². The molecule has 0 unspecified atom stereocenters. The molecule has 1 aliphatic rings. The van der Waals surface area contributed by atoms with Crippen molar-refractivity contribution in [1.82, 2.24) is 0 Å². The summed E-state index contributed by atoms with van der Waals surface area (Å²) in [6, 6.07) is 0. The lowest BCUT2D eigenvalue weighted by molar-refractivity contribution is -0.117. The molecule has 1 aliphatic carbocycles. The summed E-state index contributed by atoms with van der Waals surface area (Å²) in [4.78, 5) is 26.2. The van der Waals surface area contributed by atoms with Crippen LogP contribution in [0.4, 0.5) is 5.00 Å². The maximum Gasteiger partial charge on any atom is 0.341 e. The first kappa shape index (κ1) is 20.9. The number of thiophene rings is 1. The first-order chi connectivity index (χ1) is 11.9. The molecule has 0 saturated carbocycles. The zero-order valence-corrected chi connectivity index (χ0v) is 18.1. The normalized spacial score (nSPS) is 17.6. The maximum atomic E-state index is 12.6. The van der Waals surface area contributed by atoms with Crippen molar-refractivity contribution in [3.05, 3.63) is 16.0 Å². The SMILES string of the molecule is CCOC(=O)c1c(NC(=O)CC(C)(C)C)sc2c1CC[C@H](C(C)(C)C)C2. The fourth-order valence-corrected chi connectivity index (χ4v) is 4.82. The van der Waals surface area contributed by atoms with Crippen molar-refractivity contribution in [2.24, 2.45) is 16.7 Å². The molecule has 0 aromatic carbocycles.